The van der Waals surface area contributed by atoms with Crippen molar-refractivity contribution in [2.75, 3.05) is 32.9 Å². The molecule has 1 atom stereocenters. The van der Waals surface area contributed by atoms with Crippen molar-refractivity contribution in [3.8, 4) is 0 Å². The van der Waals surface area contributed by atoms with E-state index in [-0.39, 0.29) is 24.0 Å². The molecule has 2 rings (SSSR count). The molecule has 0 spiro atoms. The van der Waals surface area contributed by atoms with Crippen LogP contribution < -0.4 is 10.6 Å². The fourth-order valence-corrected chi connectivity index (χ4v) is 2.26. The fourth-order valence-electron chi connectivity index (χ4n) is 2.26. The van der Waals surface area contributed by atoms with E-state index >= 15 is 0 Å². The molecule has 138 valence electrons. The molecular weight excluding hydrogens is 425 g/mol. The molecular formula is C15H28IN5O3. The van der Waals surface area contributed by atoms with Gasteiger partial charge in [-0.1, -0.05) is 5.16 Å². The van der Waals surface area contributed by atoms with Gasteiger partial charge >= 0.3 is 0 Å². The molecule has 0 aliphatic carbocycles. The van der Waals surface area contributed by atoms with Crippen LogP contribution >= 0.6 is 24.0 Å². The fraction of sp³-hybridized carbons (Fsp3) is 0.800. The zero-order valence-corrected chi connectivity index (χ0v) is 16.7. The van der Waals surface area contributed by atoms with Gasteiger partial charge in [-0.25, -0.2) is 4.99 Å². The van der Waals surface area contributed by atoms with Gasteiger partial charge in [0.15, 0.2) is 11.8 Å². The number of nitrogens with one attached hydrogen (secondary N) is 2. The molecule has 1 aromatic heterocycles. The Kier molecular flexibility index (Phi) is 10.9. The highest BCUT2D eigenvalue weighted by atomic mass is 127. The summed E-state index contributed by atoms with van der Waals surface area (Å²) in [5.74, 6) is 1.87. The maximum absolute atomic E-state index is 5.63. The Morgan fingerprint density at radius 2 is 2.29 bits per heavy atom. The topological polar surface area (TPSA) is 93.8 Å². The Bertz CT molecular complexity index is 477. The van der Waals surface area contributed by atoms with Crippen molar-refractivity contribution in [3.63, 3.8) is 0 Å². The van der Waals surface area contributed by atoms with Crippen LogP contribution in [-0.2, 0) is 16.0 Å². The van der Waals surface area contributed by atoms with E-state index in [1.165, 1.54) is 0 Å². The standard InChI is InChI=1S/C15H27N5O3.HI/c1-3-16-15(18-10-14-19-12(2)20-23-14)17-7-5-8-21-11-13-6-4-9-22-13;/h13H,3-11H2,1-2H3,(H2,16,17,18);1H. The van der Waals surface area contributed by atoms with Gasteiger partial charge in [0, 0.05) is 26.3 Å². The van der Waals surface area contributed by atoms with Gasteiger partial charge in [0.2, 0.25) is 5.89 Å². The van der Waals surface area contributed by atoms with E-state index in [2.05, 4.69) is 25.8 Å². The summed E-state index contributed by atoms with van der Waals surface area (Å²) < 4.78 is 16.2. The summed E-state index contributed by atoms with van der Waals surface area (Å²) >= 11 is 0. The molecule has 1 aliphatic heterocycles. The monoisotopic (exact) mass is 453 g/mol. The number of ether oxygens (including phenoxy) is 2. The summed E-state index contributed by atoms with van der Waals surface area (Å²) in [4.78, 5) is 8.54. The van der Waals surface area contributed by atoms with E-state index in [1.807, 2.05) is 6.92 Å². The van der Waals surface area contributed by atoms with Crippen LogP contribution in [0.1, 0.15) is 37.9 Å². The summed E-state index contributed by atoms with van der Waals surface area (Å²) in [5.41, 5.74) is 0. The van der Waals surface area contributed by atoms with Crippen LogP contribution in [0.4, 0.5) is 0 Å². The molecule has 0 amide bonds. The van der Waals surface area contributed by atoms with Gasteiger partial charge in [-0.15, -0.1) is 24.0 Å². The molecule has 0 bridgehead atoms. The number of hydrogen-bond acceptors (Lipinski definition) is 6. The number of aliphatic imine (C=N–C) groups is 1. The van der Waals surface area contributed by atoms with Crippen molar-refractivity contribution in [1.29, 1.82) is 0 Å². The molecule has 8 nitrogen and oxygen atoms in total. The van der Waals surface area contributed by atoms with Gasteiger partial charge in [0.1, 0.15) is 6.54 Å². The van der Waals surface area contributed by atoms with Gasteiger partial charge in [0.05, 0.1) is 12.7 Å². The van der Waals surface area contributed by atoms with Crippen LogP contribution in [0.15, 0.2) is 9.52 Å². The number of hydrogen-bond donors (Lipinski definition) is 2. The van der Waals surface area contributed by atoms with Gasteiger partial charge < -0.3 is 24.6 Å². The third-order valence-corrected chi connectivity index (χ3v) is 3.37. The summed E-state index contributed by atoms with van der Waals surface area (Å²) in [7, 11) is 0. The van der Waals surface area contributed by atoms with Gasteiger partial charge in [0.25, 0.3) is 0 Å². The number of rotatable bonds is 9. The van der Waals surface area contributed by atoms with Gasteiger partial charge in [-0.2, -0.15) is 4.98 Å². The van der Waals surface area contributed by atoms with Crippen molar-refractivity contribution < 1.29 is 14.0 Å². The van der Waals surface area contributed by atoms with Crippen molar-refractivity contribution in [3.05, 3.63) is 11.7 Å². The van der Waals surface area contributed by atoms with Crippen LogP contribution in [-0.4, -0.2) is 55.1 Å². The smallest absolute Gasteiger partial charge is 0.248 e. The molecule has 2 N–H and O–H groups in total. The van der Waals surface area contributed by atoms with Crippen LogP contribution in [0.2, 0.25) is 0 Å². The minimum atomic E-state index is 0. The lowest BCUT2D eigenvalue weighted by Gasteiger charge is -2.12. The lowest BCUT2D eigenvalue weighted by Crippen LogP contribution is -2.38. The average Bonchev–Trinajstić information content (AvgIpc) is 3.19. The van der Waals surface area contributed by atoms with E-state index in [9.17, 15) is 0 Å². The first-order valence-corrected chi connectivity index (χ1v) is 8.28. The molecule has 0 saturated carbocycles. The first-order chi connectivity index (χ1) is 11.3. The van der Waals surface area contributed by atoms with Crippen molar-refractivity contribution >= 4 is 29.9 Å². The van der Waals surface area contributed by atoms with Crippen LogP contribution in [0.25, 0.3) is 0 Å². The highest BCUT2D eigenvalue weighted by Crippen LogP contribution is 2.11. The lowest BCUT2D eigenvalue weighted by molar-refractivity contribution is 0.0168. The number of nitrogens with zero attached hydrogens (tertiary/aromatic N) is 3. The molecule has 1 fully saturated rings. The molecule has 9 heteroatoms. The molecule has 1 saturated heterocycles. The van der Waals surface area contributed by atoms with E-state index in [0.29, 0.717) is 31.0 Å². The Balaban J connectivity index is 0.00000288. The molecule has 2 heterocycles. The summed E-state index contributed by atoms with van der Waals surface area (Å²) in [6, 6.07) is 0. The molecule has 1 aromatic rings. The maximum Gasteiger partial charge on any atom is 0.248 e. The van der Waals surface area contributed by atoms with E-state index in [0.717, 1.165) is 51.5 Å². The quantitative estimate of drug-likeness (QED) is 0.254. The Morgan fingerprint density at radius 3 is 2.96 bits per heavy atom. The third kappa shape index (κ3) is 8.25. The second-order valence-electron chi connectivity index (χ2n) is 5.42. The molecule has 1 aliphatic rings. The predicted octanol–water partition coefficient (Wildman–Crippen LogP) is 1.64. The molecule has 24 heavy (non-hydrogen) atoms. The van der Waals surface area contributed by atoms with Crippen molar-refractivity contribution in [2.45, 2.75) is 45.8 Å². The zero-order valence-electron chi connectivity index (χ0n) is 14.4. The first-order valence-electron chi connectivity index (χ1n) is 8.28. The van der Waals surface area contributed by atoms with E-state index < -0.39 is 0 Å². The normalized spacial score (nSPS) is 17.6. The number of aromatic nitrogens is 2. The maximum atomic E-state index is 5.63. The average molecular weight is 453 g/mol. The Hall–Kier alpha value is -0.940. The van der Waals surface area contributed by atoms with Gasteiger partial charge in [-0.3, -0.25) is 0 Å². The largest absolute Gasteiger partial charge is 0.379 e. The summed E-state index contributed by atoms with van der Waals surface area (Å²) in [6.07, 6.45) is 3.47. The minimum Gasteiger partial charge on any atom is -0.379 e. The molecule has 0 radical (unpaired) electrons. The summed E-state index contributed by atoms with van der Waals surface area (Å²) in [5, 5.41) is 10.2. The zero-order chi connectivity index (χ0) is 16.3. The lowest BCUT2D eigenvalue weighted by atomic mass is 10.2. The number of halogens is 1. The Morgan fingerprint density at radius 1 is 1.42 bits per heavy atom. The minimum absolute atomic E-state index is 0. The SMILES string of the molecule is CCNC(=NCc1nc(C)no1)NCCCOCC1CCCO1.I. The highest BCUT2D eigenvalue weighted by Gasteiger charge is 2.14. The third-order valence-electron chi connectivity index (χ3n) is 3.37. The predicted molar refractivity (Wildman–Crippen MR) is 102 cm³/mol. The second kappa shape index (κ2) is 12.4. The van der Waals surface area contributed by atoms with E-state index in [1.54, 1.807) is 6.92 Å². The van der Waals surface area contributed by atoms with Gasteiger partial charge in [-0.05, 0) is 33.1 Å². The molecule has 0 aromatic carbocycles. The van der Waals surface area contributed by atoms with E-state index in [4.69, 9.17) is 14.0 Å². The molecule has 1 unspecified atom stereocenters. The number of aryl methyl sites for hydroxylation is 1. The Labute approximate surface area is 160 Å². The highest BCUT2D eigenvalue weighted by molar-refractivity contribution is 14.0. The first kappa shape index (κ1) is 21.1. The second-order valence-corrected chi connectivity index (χ2v) is 5.42. The van der Waals surface area contributed by atoms with Crippen molar-refractivity contribution in [2.24, 2.45) is 4.99 Å². The van der Waals surface area contributed by atoms with Crippen molar-refractivity contribution in [1.82, 2.24) is 20.8 Å². The van der Waals surface area contributed by atoms with Crippen LogP contribution in [0.5, 0.6) is 0 Å². The van der Waals surface area contributed by atoms with Crippen LogP contribution in [0, 0.1) is 6.92 Å². The number of guanidine groups is 1. The van der Waals surface area contributed by atoms with Crippen LogP contribution in [0.3, 0.4) is 0 Å². The summed E-state index contributed by atoms with van der Waals surface area (Å²) in [6.45, 7) is 8.06.